The van der Waals surface area contributed by atoms with Gasteiger partial charge in [0.25, 0.3) is 0 Å². The highest BCUT2D eigenvalue weighted by atomic mass is 19.1. The molecule has 6 heteroatoms. The lowest BCUT2D eigenvalue weighted by Crippen LogP contribution is -2.20. The number of carbonyl (C=O) groups excluding carboxylic acids is 2. The van der Waals surface area contributed by atoms with Crippen molar-refractivity contribution >= 4 is 23.7 Å². The number of urea groups is 1. The van der Waals surface area contributed by atoms with E-state index in [4.69, 9.17) is 5.73 Å². The fourth-order valence-electron chi connectivity index (χ4n) is 1.84. The highest BCUT2D eigenvalue weighted by molar-refractivity contribution is 5.91. The molecule has 0 bridgehead atoms. The van der Waals surface area contributed by atoms with Gasteiger partial charge in [-0.25, -0.2) is 9.18 Å². The molecule has 0 spiro atoms. The normalized spacial score (nSPS) is 10.5. The predicted octanol–water partition coefficient (Wildman–Crippen LogP) is 2.65. The van der Waals surface area contributed by atoms with Gasteiger partial charge in [0.2, 0.25) is 5.91 Å². The van der Waals surface area contributed by atoms with Gasteiger partial charge in [0.15, 0.2) is 0 Å². The zero-order valence-corrected chi connectivity index (χ0v) is 12.3. The number of halogens is 1. The molecule has 0 aromatic heterocycles. The Morgan fingerprint density at radius 3 is 2.30 bits per heavy atom. The molecule has 0 atom stereocenters. The summed E-state index contributed by atoms with van der Waals surface area (Å²) in [7, 11) is 0. The first-order valence-corrected chi connectivity index (χ1v) is 6.90. The Labute approximate surface area is 133 Å². The molecule has 0 unspecified atom stereocenters. The van der Waals surface area contributed by atoms with Gasteiger partial charge in [-0.2, -0.15) is 0 Å². The van der Waals surface area contributed by atoms with E-state index in [2.05, 4.69) is 10.6 Å². The molecule has 0 aliphatic carbocycles. The Bertz CT molecular complexity index is 710. The summed E-state index contributed by atoms with van der Waals surface area (Å²) in [5.74, 6) is -0.575. The molecular weight excluding hydrogens is 297 g/mol. The molecule has 5 nitrogen and oxygen atoms in total. The first kappa shape index (κ1) is 16.2. The van der Waals surface area contributed by atoms with Crippen LogP contribution >= 0.6 is 0 Å². The van der Waals surface area contributed by atoms with Crippen molar-refractivity contribution in [1.29, 1.82) is 0 Å². The highest BCUT2D eigenvalue weighted by Crippen LogP contribution is 2.09. The molecule has 3 amide bonds. The van der Waals surface area contributed by atoms with E-state index in [1.165, 1.54) is 18.2 Å². The highest BCUT2D eigenvalue weighted by Gasteiger charge is 1.99. The Kier molecular flexibility index (Phi) is 5.46. The Balaban J connectivity index is 1.84. The minimum atomic E-state index is -0.628. The molecular formula is C17H16FN3O2. The lowest BCUT2D eigenvalue weighted by atomic mass is 10.2. The number of carbonyl (C=O) groups is 2. The number of nitrogens with two attached hydrogens (primary N) is 1. The lowest BCUT2D eigenvalue weighted by molar-refractivity contribution is -0.116. The number of hydrogen-bond acceptors (Lipinski definition) is 2. The summed E-state index contributed by atoms with van der Waals surface area (Å²) < 4.78 is 12.8. The van der Waals surface area contributed by atoms with E-state index in [0.717, 1.165) is 11.1 Å². The second-order valence-corrected chi connectivity index (χ2v) is 4.79. The molecule has 0 fully saturated rings. The number of benzene rings is 2. The van der Waals surface area contributed by atoms with Crippen LogP contribution in [0.4, 0.5) is 14.9 Å². The summed E-state index contributed by atoms with van der Waals surface area (Å²) in [5, 5.41) is 5.18. The molecule has 0 aliphatic rings. The van der Waals surface area contributed by atoms with Gasteiger partial charge in [-0.1, -0.05) is 24.3 Å². The predicted molar refractivity (Wildman–Crippen MR) is 86.9 cm³/mol. The third-order valence-electron chi connectivity index (χ3n) is 2.99. The minimum absolute atomic E-state index is 0.256. The maximum atomic E-state index is 12.8. The summed E-state index contributed by atoms with van der Waals surface area (Å²) in [6.45, 7) is 0.351. The summed E-state index contributed by atoms with van der Waals surface area (Å²) in [4.78, 5) is 22.4. The molecule has 2 rings (SSSR count). The maximum absolute atomic E-state index is 12.8. The van der Waals surface area contributed by atoms with Crippen molar-refractivity contribution in [3.8, 4) is 0 Å². The number of hydrogen-bond donors (Lipinski definition) is 3. The zero-order chi connectivity index (χ0) is 16.7. The maximum Gasteiger partial charge on any atom is 0.316 e. The van der Waals surface area contributed by atoms with Crippen molar-refractivity contribution in [2.75, 3.05) is 5.32 Å². The Morgan fingerprint density at radius 2 is 1.70 bits per heavy atom. The molecule has 118 valence electrons. The van der Waals surface area contributed by atoms with Gasteiger partial charge in [0.05, 0.1) is 0 Å². The summed E-state index contributed by atoms with van der Waals surface area (Å²) in [6, 6.07) is 12.1. The monoisotopic (exact) mass is 313 g/mol. The summed E-state index contributed by atoms with van der Waals surface area (Å²) in [6.07, 6.45) is 2.99. The zero-order valence-electron chi connectivity index (χ0n) is 12.3. The van der Waals surface area contributed by atoms with Crippen LogP contribution in [0.2, 0.25) is 0 Å². The van der Waals surface area contributed by atoms with Gasteiger partial charge in [-0.15, -0.1) is 0 Å². The largest absolute Gasteiger partial charge is 0.351 e. The average Bonchev–Trinajstić information content (AvgIpc) is 2.53. The molecule has 0 saturated carbocycles. The van der Waals surface area contributed by atoms with Gasteiger partial charge in [-0.05, 0) is 41.5 Å². The molecule has 2 aromatic carbocycles. The van der Waals surface area contributed by atoms with Crippen LogP contribution in [0.3, 0.4) is 0 Å². The molecule has 0 aliphatic heterocycles. The van der Waals surface area contributed by atoms with Gasteiger partial charge in [0, 0.05) is 18.3 Å². The minimum Gasteiger partial charge on any atom is -0.351 e. The van der Waals surface area contributed by atoms with Crippen LogP contribution in [0.5, 0.6) is 0 Å². The first-order chi connectivity index (χ1) is 11.0. The topological polar surface area (TPSA) is 84.2 Å². The van der Waals surface area contributed by atoms with Crippen LogP contribution in [0.15, 0.2) is 54.6 Å². The quantitative estimate of drug-likeness (QED) is 0.741. The van der Waals surface area contributed by atoms with Gasteiger partial charge >= 0.3 is 6.03 Å². The van der Waals surface area contributed by atoms with E-state index in [1.807, 2.05) is 0 Å². The van der Waals surface area contributed by atoms with E-state index in [-0.39, 0.29) is 11.7 Å². The fraction of sp³-hybridized carbons (Fsp3) is 0.0588. The van der Waals surface area contributed by atoms with Crippen molar-refractivity contribution in [1.82, 2.24) is 5.32 Å². The molecule has 0 radical (unpaired) electrons. The van der Waals surface area contributed by atoms with Gasteiger partial charge < -0.3 is 16.4 Å². The van der Waals surface area contributed by atoms with E-state index < -0.39 is 6.03 Å². The molecule has 0 saturated heterocycles. The summed E-state index contributed by atoms with van der Waals surface area (Å²) in [5.41, 5.74) is 7.22. The van der Waals surface area contributed by atoms with Crippen LogP contribution in [0.1, 0.15) is 11.1 Å². The number of primary amides is 1. The van der Waals surface area contributed by atoms with Crippen molar-refractivity contribution in [3.63, 3.8) is 0 Å². The second kappa shape index (κ2) is 7.74. The Morgan fingerprint density at radius 1 is 1.04 bits per heavy atom. The SMILES string of the molecule is NC(=O)Nc1ccc(CNC(=O)/C=C/c2ccc(F)cc2)cc1. The molecule has 23 heavy (non-hydrogen) atoms. The third kappa shape index (κ3) is 5.62. The number of nitrogens with one attached hydrogen (secondary N) is 2. The number of rotatable bonds is 5. The van der Waals surface area contributed by atoms with Gasteiger partial charge in [-0.3, -0.25) is 4.79 Å². The average molecular weight is 313 g/mol. The van der Waals surface area contributed by atoms with Crippen molar-refractivity contribution in [3.05, 3.63) is 71.6 Å². The molecule has 0 heterocycles. The van der Waals surface area contributed by atoms with E-state index in [1.54, 1.807) is 42.5 Å². The van der Waals surface area contributed by atoms with E-state index in [9.17, 15) is 14.0 Å². The van der Waals surface area contributed by atoms with Crippen LogP contribution in [0.25, 0.3) is 6.08 Å². The van der Waals surface area contributed by atoms with Crippen LogP contribution in [-0.2, 0) is 11.3 Å². The van der Waals surface area contributed by atoms with E-state index in [0.29, 0.717) is 12.2 Å². The fourth-order valence-corrected chi connectivity index (χ4v) is 1.84. The number of anilines is 1. The van der Waals surface area contributed by atoms with Crippen LogP contribution < -0.4 is 16.4 Å². The molecule has 2 aromatic rings. The third-order valence-corrected chi connectivity index (χ3v) is 2.99. The first-order valence-electron chi connectivity index (χ1n) is 6.90. The summed E-state index contributed by atoms with van der Waals surface area (Å²) >= 11 is 0. The Hall–Kier alpha value is -3.15. The smallest absolute Gasteiger partial charge is 0.316 e. The van der Waals surface area contributed by atoms with Crippen molar-refractivity contribution in [2.45, 2.75) is 6.54 Å². The lowest BCUT2D eigenvalue weighted by Gasteiger charge is -2.05. The standard InChI is InChI=1S/C17H16FN3O2/c18-14-6-1-12(2-7-14)5-10-16(22)20-11-13-3-8-15(9-4-13)21-17(19)23/h1-10H,11H2,(H,20,22)(H3,19,21,23)/b10-5+. The van der Waals surface area contributed by atoms with Crippen molar-refractivity contribution < 1.29 is 14.0 Å². The van der Waals surface area contributed by atoms with Crippen molar-refractivity contribution in [2.24, 2.45) is 5.73 Å². The van der Waals surface area contributed by atoms with Crippen LogP contribution in [0, 0.1) is 5.82 Å². The number of amides is 3. The van der Waals surface area contributed by atoms with Gasteiger partial charge in [0.1, 0.15) is 5.82 Å². The molecule has 4 N–H and O–H groups in total. The van der Waals surface area contributed by atoms with E-state index >= 15 is 0 Å². The van der Waals surface area contributed by atoms with Crippen LogP contribution in [-0.4, -0.2) is 11.9 Å². The second-order valence-electron chi connectivity index (χ2n) is 4.79.